The average Bonchev–Trinajstić information content (AvgIpc) is 2.30. The molecule has 0 radical (unpaired) electrons. The minimum atomic E-state index is -0.244. The van der Waals surface area contributed by atoms with Crippen LogP contribution in [0.5, 0.6) is 0 Å². The predicted molar refractivity (Wildman–Crippen MR) is 64.0 cm³/mol. The molecule has 1 aromatic heterocycles. The van der Waals surface area contributed by atoms with Gasteiger partial charge in [0.05, 0.1) is 12.3 Å². The molecule has 2 atom stereocenters. The summed E-state index contributed by atoms with van der Waals surface area (Å²) in [5.74, 6) is 0. The van der Waals surface area contributed by atoms with Crippen LogP contribution in [0.2, 0.25) is 0 Å². The topological polar surface area (TPSA) is 58.0 Å². The van der Waals surface area contributed by atoms with E-state index in [-0.39, 0.29) is 18.2 Å². The highest BCUT2D eigenvalue weighted by Crippen LogP contribution is 2.17. The van der Waals surface area contributed by atoms with E-state index in [1.165, 1.54) is 0 Å². The van der Waals surface area contributed by atoms with E-state index in [1.807, 2.05) is 13.8 Å². The van der Waals surface area contributed by atoms with E-state index in [4.69, 9.17) is 0 Å². The highest BCUT2D eigenvalue weighted by atomic mass is 16.3. The van der Waals surface area contributed by atoms with E-state index in [1.54, 1.807) is 18.6 Å². The predicted octanol–water partition coefficient (Wildman–Crippen LogP) is 1.68. The van der Waals surface area contributed by atoms with Crippen LogP contribution in [0, 0.1) is 0 Å². The zero-order valence-electron chi connectivity index (χ0n) is 10.3. The largest absolute Gasteiger partial charge is 0.394 e. The van der Waals surface area contributed by atoms with Crippen molar-refractivity contribution < 1.29 is 5.11 Å². The molecule has 90 valence electrons. The summed E-state index contributed by atoms with van der Waals surface area (Å²) in [4.78, 5) is 8.29. The van der Waals surface area contributed by atoms with E-state index in [9.17, 15) is 5.11 Å². The molecule has 4 heteroatoms. The molecular formula is C12H21N3O. The molecule has 4 nitrogen and oxygen atoms in total. The third-order valence-electron chi connectivity index (χ3n) is 2.74. The van der Waals surface area contributed by atoms with Crippen LogP contribution < -0.4 is 5.32 Å². The van der Waals surface area contributed by atoms with Crippen LogP contribution in [0.25, 0.3) is 0 Å². The second-order valence-electron chi connectivity index (χ2n) is 4.47. The summed E-state index contributed by atoms with van der Waals surface area (Å²) in [6, 6.07) is 0.0948. The third-order valence-corrected chi connectivity index (χ3v) is 2.74. The maximum atomic E-state index is 9.41. The summed E-state index contributed by atoms with van der Waals surface area (Å²) >= 11 is 0. The van der Waals surface area contributed by atoms with Crippen LogP contribution in [0.4, 0.5) is 0 Å². The molecule has 1 heterocycles. The van der Waals surface area contributed by atoms with Crippen LogP contribution in [0.3, 0.4) is 0 Å². The van der Waals surface area contributed by atoms with Gasteiger partial charge in [-0.2, -0.15) is 0 Å². The Labute approximate surface area is 97.1 Å². The molecule has 0 spiro atoms. The maximum Gasteiger partial charge on any atom is 0.0753 e. The summed E-state index contributed by atoms with van der Waals surface area (Å²) in [6.07, 6.45) is 7.07. The van der Waals surface area contributed by atoms with Gasteiger partial charge >= 0.3 is 0 Å². The van der Waals surface area contributed by atoms with Gasteiger partial charge in [0.15, 0.2) is 0 Å². The Hall–Kier alpha value is -1.00. The fourth-order valence-corrected chi connectivity index (χ4v) is 1.88. The number of nitrogens with zero attached hydrogens (tertiary/aromatic N) is 2. The summed E-state index contributed by atoms with van der Waals surface area (Å²) in [5.41, 5.74) is 0.657. The van der Waals surface area contributed by atoms with Crippen LogP contribution in [0.1, 0.15) is 45.3 Å². The second-order valence-corrected chi connectivity index (χ2v) is 4.47. The van der Waals surface area contributed by atoms with E-state index in [0.717, 1.165) is 18.5 Å². The lowest BCUT2D eigenvalue weighted by Crippen LogP contribution is -2.46. The van der Waals surface area contributed by atoms with Crippen molar-refractivity contribution in [1.82, 2.24) is 15.3 Å². The van der Waals surface area contributed by atoms with Gasteiger partial charge < -0.3 is 10.4 Å². The van der Waals surface area contributed by atoms with Crippen molar-refractivity contribution in [2.45, 2.75) is 45.2 Å². The first-order valence-corrected chi connectivity index (χ1v) is 5.76. The number of hydrogen-bond donors (Lipinski definition) is 2. The minimum absolute atomic E-state index is 0.0948. The molecule has 0 saturated carbocycles. The third kappa shape index (κ3) is 3.54. The SMILES string of the molecule is CCCC(C)(CO)NC(C)c1cnccn1. The summed E-state index contributed by atoms with van der Waals surface area (Å²) in [5, 5.41) is 12.8. The molecule has 1 aromatic rings. The Bertz CT molecular complexity index is 304. The average molecular weight is 223 g/mol. The number of aliphatic hydroxyl groups is 1. The molecule has 0 fully saturated rings. The van der Waals surface area contributed by atoms with E-state index in [2.05, 4.69) is 22.2 Å². The minimum Gasteiger partial charge on any atom is -0.394 e. The van der Waals surface area contributed by atoms with Crippen LogP contribution in [-0.2, 0) is 0 Å². The van der Waals surface area contributed by atoms with Crippen molar-refractivity contribution in [2.75, 3.05) is 6.61 Å². The molecule has 0 aliphatic rings. The summed E-state index contributed by atoms with van der Waals surface area (Å²) < 4.78 is 0. The fourth-order valence-electron chi connectivity index (χ4n) is 1.88. The molecule has 0 aliphatic heterocycles. The van der Waals surface area contributed by atoms with Gasteiger partial charge in [-0.3, -0.25) is 9.97 Å². The summed E-state index contributed by atoms with van der Waals surface area (Å²) in [7, 11) is 0. The van der Waals surface area contributed by atoms with E-state index >= 15 is 0 Å². The molecule has 2 unspecified atom stereocenters. The maximum absolute atomic E-state index is 9.41. The molecule has 0 aliphatic carbocycles. The number of aromatic nitrogens is 2. The van der Waals surface area contributed by atoms with Gasteiger partial charge in [0.25, 0.3) is 0 Å². The van der Waals surface area contributed by atoms with Gasteiger partial charge in [-0.05, 0) is 20.3 Å². The Morgan fingerprint density at radius 3 is 2.75 bits per heavy atom. The number of rotatable bonds is 6. The quantitative estimate of drug-likeness (QED) is 0.770. The monoisotopic (exact) mass is 223 g/mol. The lowest BCUT2D eigenvalue weighted by Gasteiger charge is -2.31. The molecule has 0 aromatic carbocycles. The Balaban J connectivity index is 2.65. The fraction of sp³-hybridized carbons (Fsp3) is 0.667. The van der Waals surface area contributed by atoms with Crippen LogP contribution in [-0.4, -0.2) is 27.2 Å². The van der Waals surface area contributed by atoms with Crippen molar-refractivity contribution in [3.8, 4) is 0 Å². The van der Waals surface area contributed by atoms with Crippen molar-refractivity contribution in [3.05, 3.63) is 24.3 Å². The van der Waals surface area contributed by atoms with Gasteiger partial charge in [-0.1, -0.05) is 13.3 Å². The highest BCUT2D eigenvalue weighted by molar-refractivity contribution is 5.02. The molecule has 0 bridgehead atoms. The number of hydrogen-bond acceptors (Lipinski definition) is 4. The molecule has 0 amide bonds. The zero-order chi connectivity index (χ0) is 12.0. The van der Waals surface area contributed by atoms with Crippen LogP contribution >= 0.6 is 0 Å². The molecule has 2 N–H and O–H groups in total. The second kappa shape index (κ2) is 5.92. The molecular weight excluding hydrogens is 202 g/mol. The standard InChI is InChI=1S/C12H21N3O/c1-4-5-12(3,9-16)15-10(2)11-8-13-6-7-14-11/h6-8,10,15-16H,4-5,9H2,1-3H3. The van der Waals surface area contributed by atoms with Gasteiger partial charge in [0.2, 0.25) is 0 Å². The van der Waals surface area contributed by atoms with Crippen LogP contribution in [0.15, 0.2) is 18.6 Å². The van der Waals surface area contributed by atoms with Crippen molar-refractivity contribution in [3.63, 3.8) is 0 Å². The van der Waals surface area contributed by atoms with E-state index in [0.29, 0.717) is 0 Å². The lowest BCUT2D eigenvalue weighted by atomic mass is 9.96. The normalized spacial score (nSPS) is 16.8. The Morgan fingerprint density at radius 1 is 1.50 bits per heavy atom. The number of nitrogens with one attached hydrogen (secondary N) is 1. The van der Waals surface area contributed by atoms with Crippen molar-refractivity contribution in [1.29, 1.82) is 0 Å². The zero-order valence-corrected chi connectivity index (χ0v) is 10.3. The number of aliphatic hydroxyl groups excluding tert-OH is 1. The molecule has 1 rings (SSSR count). The van der Waals surface area contributed by atoms with Crippen molar-refractivity contribution in [2.24, 2.45) is 0 Å². The Kier molecular flexibility index (Phi) is 4.83. The molecule has 0 saturated heterocycles. The van der Waals surface area contributed by atoms with Gasteiger partial charge in [0, 0.05) is 30.2 Å². The van der Waals surface area contributed by atoms with Crippen molar-refractivity contribution >= 4 is 0 Å². The van der Waals surface area contributed by atoms with Gasteiger partial charge in [0.1, 0.15) is 0 Å². The first-order chi connectivity index (χ1) is 7.61. The summed E-state index contributed by atoms with van der Waals surface area (Å²) in [6.45, 7) is 6.31. The smallest absolute Gasteiger partial charge is 0.0753 e. The first kappa shape index (κ1) is 13.1. The van der Waals surface area contributed by atoms with Gasteiger partial charge in [-0.25, -0.2) is 0 Å². The Morgan fingerprint density at radius 2 is 2.25 bits per heavy atom. The van der Waals surface area contributed by atoms with Gasteiger partial charge in [-0.15, -0.1) is 0 Å². The lowest BCUT2D eigenvalue weighted by molar-refractivity contribution is 0.153. The first-order valence-electron chi connectivity index (χ1n) is 5.76. The molecule has 16 heavy (non-hydrogen) atoms. The highest BCUT2D eigenvalue weighted by Gasteiger charge is 2.24. The van der Waals surface area contributed by atoms with E-state index < -0.39 is 0 Å².